The smallest absolute Gasteiger partial charge is 0.434 e. The van der Waals surface area contributed by atoms with Crippen molar-refractivity contribution in [2.75, 3.05) is 53.0 Å². The molecule has 1 unspecified atom stereocenters. The maximum Gasteiger partial charge on any atom is 0.434 e. The SMILES string of the molecule is C[N+](=CC1CCN(C(=O)/C=C/c2nc(C3(C)COC3)no2)C1)c1nc(OC[C@@]23CCCN2C[C@H](F)C3)nc2c(F)c(-c3cccc4cccc(Cl)c34)ncc12. The normalized spacial score (nSPS) is 23.9. The first-order valence-electron chi connectivity index (χ1n) is 18.6. The van der Waals surface area contributed by atoms with Crippen LogP contribution in [0.4, 0.5) is 14.6 Å². The molecule has 0 N–H and O–H groups in total. The second-order valence-electron chi connectivity index (χ2n) is 15.5. The molecule has 7 heterocycles. The molecular weight excluding hydrogens is 730 g/mol. The van der Waals surface area contributed by atoms with E-state index in [9.17, 15) is 9.18 Å². The number of carbonyl (C=O) groups is 1. The van der Waals surface area contributed by atoms with Gasteiger partial charge in [0, 0.05) is 71.3 Å². The summed E-state index contributed by atoms with van der Waals surface area (Å²) in [6, 6.07) is 11.1. The Morgan fingerprint density at radius 1 is 1.15 bits per heavy atom. The van der Waals surface area contributed by atoms with Crippen molar-refractivity contribution in [1.82, 2.24) is 34.9 Å². The van der Waals surface area contributed by atoms with Gasteiger partial charge < -0.3 is 18.9 Å². The molecule has 4 aliphatic heterocycles. The number of alkyl halides is 1. The van der Waals surface area contributed by atoms with E-state index < -0.39 is 17.5 Å². The highest BCUT2D eigenvalue weighted by Crippen LogP contribution is 2.41. The lowest BCUT2D eigenvalue weighted by atomic mass is 9.88. The van der Waals surface area contributed by atoms with Gasteiger partial charge in [0.25, 0.3) is 5.89 Å². The number of carbonyl (C=O) groups excluding carboxylic acids is 1. The lowest BCUT2D eigenvalue weighted by Crippen LogP contribution is -2.44. The number of amides is 1. The molecule has 3 aromatic heterocycles. The van der Waals surface area contributed by atoms with Crippen molar-refractivity contribution >= 4 is 57.3 Å². The predicted molar refractivity (Wildman–Crippen MR) is 202 cm³/mol. The molecule has 3 atom stereocenters. The average molecular weight is 770 g/mol. The standard InChI is InChI=1S/C40H40ClF2N8O4/c1-39(21-53-22-39)37-45-30(55-48-37)10-11-31(52)50-15-12-24(19-50)18-49(2)36-28-17-44-34(27-8-3-6-25-7-4-9-29(41)32(25)27)33(43)35(28)46-38(47-36)54-23-40-13-5-14-51(40)20-26(42)16-40/h3-4,6-11,17-18,24,26H,5,12-16,19-23H2,1-2H3/q+1/b11-10+,49-18?/t24?,26-,40+/m1/s1. The third-order valence-electron chi connectivity index (χ3n) is 11.5. The number of likely N-dealkylation sites (tertiary alicyclic amines) is 1. The van der Waals surface area contributed by atoms with Gasteiger partial charge >= 0.3 is 11.8 Å². The first-order valence-corrected chi connectivity index (χ1v) is 19.0. The number of pyridine rings is 1. The van der Waals surface area contributed by atoms with Crippen LogP contribution in [-0.4, -0.2) is 116 Å². The van der Waals surface area contributed by atoms with Crippen LogP contribution in [0.1, 0.15) is 44.3 Å². The van der Waals surface area contributed by atoms with Crippen molar-refractivity contribution in [3.8, 4) is 17.3 Å². The highest BCUT2D eigenvalue weighted by atomic mass is 35.5. The number of halogens is 3. The number of benzene rings is 2. The van der Waals surface area contributed by atoms with Gasteiger partial charge in [-0.25, -0.2) is 13.4 Å². The molecule has 1 amide bonds. The zero-order valence-electron chi connectivity index (χ0n) is 30.6. The Morgan fingerprint density at radius 2 is 1.98 bits per heavy atom. The zero-order valence-corrected chi connectivity index (χ0v) is 31.3. The fourth-order valence-electron chi connectivity index (χ4n) is 8.51. The Hall–Kier alpha value is -4.92. The first kappa shape index (κ1) is 35.8. The van der Waals surface area contributed by atoms with Crippen molar-refractivity contribution in [2.45, 2.75) is 49.7 Å². The van der Waals surface area contributed by atoms with Crippen LogP contribution in [0.5, 0.6) is 6.01 Å². The summed E-state index contributed by atoms with van der Waals surface area (Å²) in [5.41, 5.74) is -0.0298. The van der Waals surface area contributed by atoms with Crippen LogP contribution in [0.15, 0.2) is 53.2 Å². The number of rotatable bonds is 9. The molecule has 284 valence electrons. The fraction of sp³-hybridized carbons (Fsp3) is 0.425. The minimum Gasteiger partial charge on any atom is -0.443 e. The predicted octanol–water partition coefficient (Wildman–Crippen LogP) is 6.17. The van der Waals surface area contributed by atoms with Crippen molar-refractivity contribution in [3.63, 3.8) is 0 Å². The quantitative estimate of drug-likeness (QED) is 0.0978. The molecule has 12 nitrogen and oxygen atoms in total. The van der Waals surface area contributed by atoms with Crippen molar-refractivity contribution < 1.29 is 32.1 Å². The van der Waals surface area contributed by atoms with Crippen molar-refractivity contribution in [3.05, 3.63) is 71.2 Å². The van der Waals surface area contributed by atoms with E-state index in [0.29, 0.717) is 78.7 Å². The van der Waals surface area contributed by atoms with Crippen LogP contribution in [0.25, 0.3) is 39.0 Å². The molecule has 0 spiro atoms. The molecule has 0 saturated carbocycles. The van der Waals surface area contributed by atoms with Gasteiger partial charge in [-0.3, -0.25) is 14.7 Å². The van der Waals surface area contributed by atoms with E-state index in [-0.39, 0.29) is 47.0 Å². The van der Waals surface area contributed by atoms with E-state index in [1.54, 1.807) is 23.2 Å². The maximum absolute atomic E-state index is 16.9. The summed E-state index contributed by atoms with van der Waals surface area (Å²) in [5.74, 6) is 0.391. The lowest BCUT2D eigenvalue weighted by molar-refractivity contribution is -0.405. The Kier molecular flexibility index (Phi) is 9.09. The van der Waals surface area contributed by atoms with Crippen LogP contribution in [0.2, 0.25) is 5.02 Å². The van der Waals surface area contributed by atoms with Gasteiger partial charge in [-0.1, -0.05) is 47.1 Å². The first-order chi connectivity index (χ1) is 26.6. The zero-order chi connectivity index (χ0) is 37.9. The summed E-state index contributed by atoms with van der Waals surface area (Å²) >= 11 is 6.63. The Balaban J connectivity index is 1.01. The highest BCUT2D eigenvalue weighted by Gasteiger charge is 2.49. The number of hydrogen-bond acceptors (Lipinski definition) is 10. The molecule has 55 heavy (non-hydrogen) atoms. The molecule has 4 fully saturated rings. The third kappa shape index (κ3) is 6.53. The van der Waals surface area contributed by atoms with Crippen LogP contribution in [0.3, 0.4) is 0 Å². The van der Waals surface area contributed by atoms with Gasteiger partial charge in [-0.15, -0.1) is 0 Å². The summed E-state index contributed by atoms with van der Waals surface area (Å²) < 4.78 is 50.2. The highest BCUT2D eigenvalue weighted by molar-refractivity contribution is 6.36. The van der Waals surface area contributed by atoms with Crippen LogP contribution in [-0.2, 0) is 14.9 Å². The van der Waals surface area contributed by atoms with Gasteiger partial charge in [0.1, 0.15) is 29.4 Å². The minimum atomic E-state index is -0.924. The molecule has 5 aromatic rings. The number of nitrogens with zero attached hydrogens (tertiary/aromatic N) is 8. The molecular formula is C40H40ClF2N8O4+. The monoisotopic (exact) mass is 769 g/mol. The van der Waals surface area contributed by atoms with Gasteiger partial charge in [0.15, 0.2) is 11.6 Å². The van der Waals surface area contributed by atoms with Crippen LogP contribution >= 0.6 is 11.6 Å². The van der Waals surface area contributed by atoms with Crippen LogP contribution in [0, 0.1) is 11.7 Å². The van der Waals surface area contributed by atoms with Gasteiger partial charge in [-0.05, 0) is 44.2 Å². The lowest BCUT2D eigenvalue weighted by Gasteiger charge is -2.34. The van der Waals surface area contributed by atoms with Crippen LogP contribution < -0.4 is 4.74 Å². The van der Waals surface area contributed by atoms with Crippen molar-refractivity contribution in [2.24, 2.45) is 5.92 Å². The second kappa shape index (κ2) is 14.0. The largest absolute Gasteiger partial charge is 0.443 e. The van der Waals surface area contributed by atoms with E-state index in [2.05, 4.69) is 25.0 Å². The summed E-state index contributed by atoms with van der Waals surface area (Å²) in [6.07, 6.45) is 8.46. The number of fused-ring (bicyclic) bond motifs is 3. The molecule has 0 radical (unpaired) electrons. The molecule has 0 bridgehead atoms. The summed E-state index contributed by atoms with van der Waals surface area (Å²) in [5, 5.41) is 6.47. The molecule has 4 saturated heterocycles. The van der Waals surface area contributed by atoms with E-state index in [1.165, 1.54) is 12.2 Å². The number of ether oxygens (including phenoxy) is 2. The molecule has 0 aliphatic carbocycles. The third-order valence-corrected chi connectivity index (χ3v) is 11.8. The van der Waals surface area contributed by atoms with E-state index in [4.69, 9.17) is 30.6 Å². The number of aromatic nitrogens is 5. The fourth-order valence-corrected chi connectivity index (χ4v) is 8.80. The maximum atomic E-state index is 16.9. The molecule has 2 aromatic carbocycles. The topological polar surface area (TPSA) is 123 Å². The number of hydrogen-bond donors (Lipinski definition) is 0. The summed E-state index contributed by atoms with van der Waals surface area (Å²) in [7, 11) is 1.83. The molecule has 15 heteroatoms. The average Bonchev–Trinajstić information content (AvgIpc) is 3.97. The summed E-state index contributed by atoms with van der Waals surface area (Å²) in [6.45, 7) is 5.45. The Morgan fingerprint density at radius 3 is 2.80 bits per heavy atom. The second-order valence-corrected chi connectivity index (χ2v) is 15.9. The Labute approximate surface area is 320 Å². The van der Waals surface area contributed by atoms with E-state index >= 15 is 4.39 Å². The van der Waals surface area contributed by atoms with Gasteiger partial charge in [0.05, 0.1) is 37.4 Å². The van der Waals surface area contributed by atoms with Crippen molar-refractivity contribution in [1.29, 1.82) is 0 Å². The van der Waals surface area contributed by atoms with Gasteiger partial charge in [-0.2, -0.15) is 9.97 Å². The van der Waals surface area contributed by atoms with E-state index in [1.807, 2.05) is 49.0 Å². The summed E-state index contributed by atoms with van der Waals surface area (Å²) in [4.78, 5) is 35.5. The van der Waals surface area contributed by atoms with Gasteiger partial charge in [0.2, 0.25) is 5.91 Å². The molecule has 9 rings (SSSR count). The Bertz CT molecular complexity index is 2380. The minimum absolute atomic E-state index is 0.00494. The van der Waals surface area contributed by atoms with E-state index in [0.717, 1.165) is 24.8 Å². The molecule has 4 aliphatic rings.